The number of benzene rings is 1. The van der Waals surface area contributed by atoms with Crippen LogP contribution in [0.1, 0.15) is 22.3 Å². The zero-order chi connectivity index (χ0) is 13.8. The number of aromatic nitrogens is 1. The van der Waals surface area contributed by atoms with Crippen molar-refractivity contribution < 1.29 is 4.74 Å². The highest BCUT2D eigenvalue weighted by Crippen LogP contribution is 2.29. The molecule has 0 saturated carbocycles. The van der Waals surface area contributed by atoms with Crippen molar-refractivity contribution in [3.63, 3.8) is 0 Å². The predicted molar refractivity (Wildman–Crippen MR) is 81.3 cm³/mol. The molecule has 6 heteroatoms. The monoisotopic (exact) mass is 341 g/mol. The SMILES string of the molecule is COc1ccc(Br)c(C(Cc2csc(C)n2)NN)c1. The Balaban J connectivity index is 2.26. The summed E-state index contributed by atoms with van der Waals surface area (Å²) in [6.07, 6.45) is 0.743. The molecule has 2 rings (SSSR count). The standard InChI is InChI=1S/C13H16BrN3OS/c1-8-16-9(7-19-8)5-13(17-15)11-6-10(18-2)3-4-12(11)14/h3-4,6-7,13,17H,5,15H2,1-2H3. The summed E-state index contributed by atoms with van der Waals surface area (Å²) in [4.78, 5) is 4.47. The molecular formula is C13H16BrN3OS. The van der Waals surface area contributed by atoms with Crippen molar-refractivity contribution in [1.29, 1.82) is 0 Å². The number of hydrogen-bond donors (Lipinski definition) is 2. The second kappa shape index (κ2) is 6.47. The Bertz CT molecular complexity index is 559. The van der Waals surface area contributed by atoms with Gasteiger partial charge in [-0.1, -0.05) is 15.9 Å². The first kappa shape index (κ1) is 14.5. The van der Waals surface area contributed by atoms with Crippen LogP contribution in [0.4, 0.5) is 0 Å². The lowest BCUT2D eigenvalue weighted by molar-refractivity contribution is 0.412. The predicted octanol–water partition coefficient (Wildman–Crippen LogP) is 2.97. The van der Waals surface area contributed by atoms with Crippen molar-refractivity contribution in [2.75, 3.05) is 7.11 Å². The zero-order valence-corrected chi connectivity index (χ0v) is 13.2. The highest BCUT2D eigenvalue weighted by atomic mass is 79.9. The summed E-state index contributed by atoms with van der Waals surface area (Å²) < 4.78 is 6.26. The van der Waals surface area contributed by atoms with Gasteiger partial charge in [0.15, 0.2) is 0 Å². The quantitative estimate of drug-likeness (QED) is 0.648. The highest BCUT2D eigenvalue weighted by molar-refractivity contribution is 9.10. The van der Waals surface area contributed by atoms with Crippen molar-refractivity contribution in [3.8, 4) is 5.75 Å². The lowest BCUT2D eigenvalue weighted by Crippen LogP contribution is -2.30. The fraction of sp³-hybridized carbons (Fsp3) is 0.308. The van der Waals surface area contributed by atoms with Crippen LogP contribution in [-0.2, 0) is 6.42 Å². The summed E-state index contributed by atoms with van der Waals surface area (Å²) in [6, 6.07) is 5.85. The Kier molecular flexibility index (Phi) is 4.93. The molecule has 0 aliphatic carbocycles. The van der Waals surface area contributed by atoms with Gasteiger partial charge in [0.2, 0.25) is 0 Å². The van der Waals surface area contributed by atoms with E-state index < -0.39 is 0 Å². The number of nitrogens with two attached hydrogens (primary N) is 1. The van der Waals surface area contributed by atoms with Crippen LogP contribution in [0.3, 0.4) is 0 Å². The van der Waals surface area contributed by atoms with Crippen LogP contribution in [0.5, 0.6) is 5.75 Å². The number of thiazole rings is 1. The van der Waals surface area contributed by atoms with Gasteiger partial charge in [0.05, 0.1) is 23.9 Å². The maximum absolute atomic E-state index is 5.68. The second-order valence-electron chi connectivity index (χ2n) is 4.17. The second-order valence-corrected chi connectivity index (χ2v) is 6.09. The Labute approximate surface area is 125 Å². The van der Waals surface area contributed by atoms with E-state index in [2.05, 4.69) is 31.7 Å². The third-order valence-electron chi connectivity index (χ3n) is 2.86. The molecule has 2 aromatic rings. The van der Waals surface area contributed by atoms with Gasteiger partial charge in [-0.15, -0.1) is 11.3 Å². The van der Waals surface area contributed by atoms with E-state index in [1.165, 1.54) is 0 Å². The molecule has 19 heavy (non-hydrogen) atoms. The smallest absolute Gasteiger partial charge is 0.119 e. The minimum atomic E-state index is -0.00836. The van der Waals surface area contributed by atoms with Crippen molar-refractivity contribution >= 4 is 27.3 Å². The molecular weight excluding hydrogens is 326 g/mol. The summed E-state index contributed by atoms with van der Waals surface area (Å²) in [5.41, 5.74) is 4.95. The van der Waals surface area contributed by atoms with Crippen LogP contribution in [0.15, 0.2) is 28.1 Å². The fourth-order valence-corrected chi connectivity index (χ4v) is 3.03. The largest absolute Gasteiger partial charge is 0.497 e. The molecule has 1 aromatic carbocycles. The number of methoxy groups -OCH3 is 1. The zero-order valence-electron chi connectivity index (χ0n) is 10.8. The molecule has 1 aromatic heterocycles. The summed E-state index contributed by atoms with van der Waals surface area (Å²) in [7, 11) is 1.65. The van der Waals surface area contributed by atoms with Gasteiger partial charge < -0.3 is 4.74 Å². The van der Waals surface area contributed by atoms with Crippen molar-refractivity contribution in [3.05, 3.63) is 44.3 Å². The Morgan fingerprint density at radius 1 is 1.53 bits per heavy atom. The number of hydrogen-bond acceptors (Lipinski definition) is 5. The van der Waals surface area contributed by atoms with Crippen molar-refractivity contribution in [2.24, 2.45) is 5.84 Å². The number of hydrazine groups is 1. The Morgan fingerprint density at radius 2 is 2.32 bits per heavy atom. The number of nitrogens with one attached hydrogen (secondary N) is 1. The molecule has 0 amide bonds. The van der Waals surface area contributed by atoms with Crippen LogP contribution in [0.25, 0.3) is 0 Å². The Hall–Kier alpha value is -0.950. The number of aryl methyl sites for hydroxylation is 1. The van der Waals surface area contributed by atoms with E-state index in [0.717, 1.165) is 32.9 Å². The van der Waals surface area contributed by atoms with Gasteiger partial charge in [0, 0.05) is 16.3 Å². The maximum atomic E-state index is 5.68. The lowest BCUT2D eigenvalue weighted by Gasteiger charge is -2.17. The molecule has 0 radical (unpaired) electrons. The van der Waals surface area contributed by atoms with Crippen LogP contribution >= 0.6 is 27.3 Å². The molecule has 102 valence electrons. The van der Waals surface area contributed by atoms with Gasteiger partial charge in [0.25, 0.3) is 0 Å². The first-order chi connectivity index (χ1) is 9.13. The van der Waals surface area contributed by atoms with Gasteiger partial charge in [-0.05, 0) is 30.7 Å². The molecule has 0 bridgehead atoms. The van der Waals surface area contributed by atoms with Gasteiger partial charge in [-0.3, -0.25) is 11.3 Å². The molecule has 0 saturated heterocycles. The van der Waals surface area contributed by atoms with Crippen molar-refractivity contribution in [2.45, 2.75) is 19.4 Å². The van der Waals surface area contributed by atoms with E-state index in [4.69, 9.17) is 10.6 Å². The number of halogens is 1. The molecule has 0 aliphatic heterocycles. The molecule has 3 N–H and O–H groups in total. The summed E-state index contributed by atoms with van der Waals surface area (Å²) in [6.45, 7) is 2.00. The third-order valence-corrected chi connectivity index (χ3v) is 4.40. The first-order valence-corrected chi connectivity index (χ1v) is 7.52. The third kappa shape index (κ3) is 3.54. The molecule has 0 aliphatic rings. The Morgan fingerprint density at radius 3 is 2.89 bits per heavy atom. The first-order valence-electron chi connectivity index (χ1n) is 5.84. The van der Waals surface area contributed by atoms with Crippen LogP contribution < -0.4 is 16.0 Å². The van der Waals surface area contributed by atoms with Crippen LogP contribution in [0, 0.1) is 6.92 Å². The molecule has 1 atom stereocenters. The van der Waals surface area contributed by atoms with E-state index in [1.807, 2.05) is 25.1 Å². The van der Waals surface area contributed by atoms with Crippen molar-refractivity contribution in [1.82, 2.24) is 10.4 Å². The van der Waals surface area contributed by atoms with Crippen LogP contribution in [0.2, 0.25) is 0 Å². The average molecular weight is 342 g/mol. The maximum Gasteiger partial charge on any atom is 0.119 e. The van der Waals surface area contributed by atoms with E-state index >= 15 is 0 Å². The topological polar surface area (TPSA) is 60.2 Å². The molecule has 4 nitrogen and oxygen atoms in total. The lowest BCUT2D eigenvalue weighted by atomic mass is 10.0. The van der Waals surface area contributed by atoms with Crippen LogP contribution in [-0.4, -0.2) is 12.1 Å². The highest BCUT2D eigenvalue weighted by Gasteiger charge is 2.16. The normalized spacial score (nSPS) is 12.4. The van der Waals surface area contributed by atoms with Gasteiger partial charge in [0.1, 0.15) is 5.75 Å². The average Bonchev–Trinajstić information content (AvgIpc) is 2.82. The van der Waals surface area contributed by atoms with E-state index in [0.29, 0.717) is 0 Å². The molecule has 0 spiro atoms. The number of nitrogens with zero attached hydrogens (tertiary/aromatic N) is 1. The summed E-state index contributed by atoms with van der Waals surface area (Å²) in [5.74, 6) is 6.50. The van der Waals surface area contributed by atoms with E-state index in [-0.39, 0.29) is 6.04 Å². The summed E-state index contributed by atoms with van der Waals surface area (Å²) >= 11 is 5.20. The minimum absolute atomic E-state index is 0.00836. The minimum Gasteiger partial charge on any atom is -0.497 e. The summed E-state index contributed by atoms with van der Waals surface area (Å²) in [5, 5.41) is 3.13. The van der Waals surface area contributed by atoms with E-state index in [9.17, 15) is 0 Å². The number of ether oxygens (including phenoxy) is 1. The molecule has 1 heterocycles. The molecule has 1 unspecified atom stereocenters. The van der Waals surface area contributed by atoms with Gasteiger partial charge >= 0.3 is 0 Å². The number of rotatable bonds is 5. The van der Waals surface area contributed by atoms with E-state index in [1.54, 1.807) is 18.4 Å². The van der Waals surface area contributed by atoms with Gasteiger partial charge in [-0.2, -0.15) is 0 Å². The molecule has 0 fully saturated rings. The fourth-order valence-electron chi connectivity index (χ4n) is 1.89. The van der Waals surface area contributed by atoms with Gasteiger partial charge in [-0.25, -0.2) is 4.98 Å².